The second kappa shape index (κ2) is 13.8. The Hall–Kier alpha value is -4.41. The molecule has 5 rings (SSSR count). The standard InChI is InChI=1S/C39H44N2O7S/c1-24(42)47-22-28-23-49-36-39(46-8,40-21-25-19-29(37(2,3)4)32(43)30(20-25)38(5,6)7)35(45)41(36)31(28)34(44)48-33(26-15-11-9-12-16-26)27-17-13-10-14-18-27/h9-21,23,31,33,36,43H,22H2,1-8H3/t31?,36-,39+/m1/s1. The van der Waals surface area contributed by atoms with Gasteiger partial charge in [0, 0.05) is 36.9 Å². The molecule has 0 aromatic heterocycles. The minimum Gasteiger partial charge on any atom is -0.507 e. The molecule has 3 atom stereocenters. The minimum atomic E-state index is -1.63. The van der Waals surface area contributed by atoms with Crippen LogP contribution in [0.2, 0.25) is 0 Å². The van der Waals surface area contributed by atoms with E-state index in [1.165, 1.54) is 30.7 Å². The van der Waals surface area contributed by atoms with Crippen LogP contribution in [0, 0.1) is 0 Å². The third-order valence-electron chi connectivity index (χ3n) is 8.67. The maximum absolute atomic E-state index is 14.2. The molecule has 2 aliphatic rings. The van der Waals surface area contributed by atoms with Gasteiger partial charge in [0.25, 0.3) is 11.6 Å². The van der Waals surface area contributed by atoms with Gasteiger partial charge in [-0.05, 0) is 45.1 Å². The van der Waals surface area contributed by atoms with Crippen molar-refractivity contribution in [3.63, 3.8) is 0 Å². The van der Waals surface area contributed by atoms with Gasteiger partial charge in [0.2, 0.25) is 0 Å². The lowest BCUT2D eigenvalue weighted by Crippen LogP contribution is -2.77. The number of benzene rings is 3. The average Bonchev–Trinajstić information content (AvgIpc) is 3.06. The number of aliphatic imine (C=N–C) groups is 1. The normalized spacial score (nSPS) is 20.9. The summed E-state index contributed by atoms with van der Waals surface area (Å²) >= 11 is 1.26. The molecule has 49 heavy (non-hydrogen) atoms. The van der Waals surface area contributed by atoms with E-state index >= 15 is 0 Å². The van der Waals surface area contributed by atoms with E-state index < -0.39 is 41.1 Å². The van der Waals surface area contributed by atoms with Crippen LogP contribution >= 0.6 is 11.8 Å². The molecule has 10 heteroatoms. The van der Waals surface area contributed by atoms with Crippen LogP contribution in [0.5, 0.6) is 5.75 Å². The van der Waals surface area contributed by atoms with Crippen molar-refractivity contribution in [2.45, 2.75) is 82.5 Å². The molecule has 1 unspecified atom stereocenters. The lowest BCUT2D eigenvalue weighted by Gasteiger charge is -2.55. The van der Waals surface area contributed by atoms with Gasteiger partial charge in [-0.15, -0.1) is 11.8 Å². The van der Waals surface area contributed by atoms with Gasteiger partial charge in [-0.2, -0.15) is 0 Å². The number of nitrogens with zero attached hydrogens (tertiary/aromatic N) is 2. The first-order chi connectivity index (χ1) is 23.1. The molecule has 1 amide bonds. The number of hydrogen-bond donors (Lipinski definition) is 1. The molecule has 1 fully saturated rings. The number of β-lactam (4-membered cyclic amide) rings is 1. The van der Waals surface area contributed by atoms with Crippen molar-refractivity contribution in [2.75, 3.05) is 13.7 Å². The minimum absolute atomic E-state index is 0.193. The number of thioether (sulfide) groups is 1. The van der Waals surface area contributed by atoms with Gasteiger partial charge in [0.1, 0.15) is 17.7 Å². The first-order valence-corrected chi connectivity index (χ1v) is 17.1. The largest absolute Gasteiger partial charge is 0.507 e. The summed E-state index contributed by atoms with van der Waals surface area (Å²) in [5, 5.41) is 12.2. The van der Waals surface area contributed by atoms with E-state index in [0.717, 1.165) is 22.3 Å². The number of ether oxygens (including phenoxy) is 3. The van der Waals surface area contributed by atoms with Crippen molar-refractivity contribution in [1.29, 1.82) is 0 Å². The molecule has 0 radical (unpaired) electrons. The smallest absolute Gasteiger partial charge is 0.334 e. The number of aromatic hydroxyl groups is 1. The average molecular weight is 685 g/mol. The van der Waals surface area contributed by atoms with Gasteiger partial charge < -0.3 is 24.2 Å². The van der Waals surface area contributed by atoms with E-state index in [1.807, 2.05) is 114 Å². The van der Waals surface area contributed by atoms with Gasteiger partial charge in [0.15, 0.2) is 12.1 Å². The van der Waals surface area contributed by atoms with Crippen LogP contribution in [0.4, 0.5) is 0 Å². The number of methoxy groups -OCH3 is 1. The Morgan fingerprint density at radius 1 is 0.959 bits per heavy atom. The summed E-state index contributed by atoms with van der Waals surface area (Å²) in [7, 11) is 1.41. The Kier molecular flexibility index (Phi) is 10.1. The fourth-order valence-corrected chi connectivity index (χ4v) is 7.35. The summed E-state index contributed by atoms with van der Waals surface area (Å²) in [6, 6.07) is 21.3. The van der Waals surface area contributed by atoms with Gasteiger partial charge >= 0.3 is 11.9 Å². The molecule has 2 aliphatic heterocycles. The molecular weight excluding hydrogens is 641 g/mol. The number of esters is 2. The summed E-state index contributed by atoms with van der Waals surface area (Å²) in [6.07, 6.45) is 0.846. The first-order valence-electron chi connectivity index (χ1n) is 16.2. The van der Waals surface area contributed by atoms with Crippen molar-refractivity contribution in [1.82, 2.24) is 4.90 Å². The number of rotatable bonds is 9. The van der Waals surface area contributed by atoms with Crippen LogP contribution in [0.1, 0.15) is 82.4 Å². The highest BCUT2D eigenvalue weighted by molar-refractivity contribution is 8.03. The van der Waals surface area contributed by atoms with Crippen molar-refractivity contribution in [3.05, 3.63) is 112 Å². The van der Waals surface area contributed by atoms with E-state index in [0.29, 0.717) is 11.1 Å². The highest BCUT2D eigenvalue weighted by atomic mass is 32.2. The molecule has 2 heterocycles. The number of amides is 1. The predicted molar refractivity (Wildman–Crippen MR) is 190 cm³/mol. The predicted octanol–water partition coefficient (Wildman–Crippen LogP) is 6.81. The molecule has 0 spiro atoms. The number of hydrogen-bond acceptors (Lipinski definition) is 9. The van der Waals surface area contributed by atoms with Crippen molar-refractivity contribution >= 4 is 35.8 Å². The maximum Gasteiger partial charge on any atom is 0.334 e. The van der Waals surface area contributed by atoms with Crippen LogP contribution < -0.4 is 0 Å². The fourth-order valence-electron chi connectivity index (χ4n) is 6.06. The van der Waals surface area contributed by atoms with Crippen LogP contribution in [0.3, 0.4) is 0 Å². The summed E-state index contributed by atoms with van der Waals surface area (Å²) in [6.45, 7) is 13.2. The maximum atomic E-state index is 14.2. The van der Waals surface area contributed by atoms with Crippen LogP contribution in [0.25, 0.3) is 0 Å². The molecule has 0 bridgehead atoms. The number of fused-ring (bicyclic) bond motifs is 1. The Morgan fingerprint density at radius 2 is 1.49 bits per heavy atom. The van der Waals surface area contributed by atoms with Crippen molar-refractivity contribution < 1.29 is 33.7 Å². The van der Waals surface area contributed by atoms with E-state index in [1.54, 1.807) is 11.6 Å². The van der Waals surface area contributed by atoms with Crippen molar-refractivity contribution in [2.24, 2.45) is 4.99 Å². The quantitative estimate of drug-likeness (QED) is 0.149. The molecule has 1 N–H and O–H groups in total. The number of carbonyl (C=O) groups excluding carboxylic acids is 3. The number of carbonyl (C=O) groups is 3. The Labute approximate surface area is 292 Å². The molecule has 0 aliphatic carbocycles. The molecule has 1 saturated heterocycles. The van der Waals surface area contributed by atoms with Crippen molar-refractivity contribution in [3.8, 4) is 5.75 Å². The van der Waals surface area contributed by atoms with Gasteiger partial charge in [-0.25, -0.2) is 9.79 Å². The van der Waals surface area contributed by atoms with E-state index in [-0.39, 0.29) is 23.2 Å². The summed E-state index contributed by atoms with van der Waals surface area (Å²) in [4.78, 5) is 46.3. The molecule has 9 nitrogen and oxygen atoms in total. The Bertz CT molecular complexity index is 1700. The van der Waals surface area contributed by atoms with Gasteiger partial charge in [-0.1, -0.05) is 102 Å². The Morgan fingerprint density at radius 3 is 1.96 bits per heavy atom. The number of phenols is 1. The van der Waals surface area contributed by atoms with Gasteiger partial charge in [-0.3, -0.25) is 9.59 Å². The zero-order chi connectivity index (χ0) is 35.7. The highest BCUT2D eigenvalue weighted by Gasteiger charge is 2.67. The zero-order valence-electron chi connectivity index (χ0n) is 29.2. The second-order valence-electron chi connectivity index (χ2n) is 14.3. The monoisotopic (exact) mass is 684 g/mol. The lowest BCUT2D eigenvalue weighted by molar-refractivity contribution is -0.194. The first kappa shape index (κ1) is 35.9. The molecule has 0 saturated carbocycles. The summed E-state index contributed by atoms with van der Waals surface area (Å²) in [5.41, 5.74) is 1.80. The summed E-state index contributed by atoms with van der Waals surface area (Å²) in [5.74, 6) is -1.48. The Balaban J connectivity index is 1.51. The van der Waals surface area contributed by atoms with E-state index in [4.69, 9.17) is 19.2 Å². The molecule has 258 valence electrons. The zero-order valence-corrected chi connectivity index (χ0v) is 30.0. The lowest BCUT2D eigenvalue weighted by atomic mass is 9.78. The van der Waals surface area contributed by atoms with E-state index in [9.17, 15) is 19.5 Å². The van der Waals surface area contributed by atoms with Crippen LogP contribution in [0.15, 0.2) is 88.8 Å². The fraction of sp³-hybridized carbons (Fsp3) is 0.385. The van der Waals surface area contributed by atoms with E-state index in [2.05, 4.69) is 0 Å². The van der Waals surface area contributed by atoms with Crippen LogP contribution in [-0.2, 0) is 39.4 Å². The van der Waals surface area contributed by atoms with Gasteiger partial charge in [0.05, 0.1) is 0 Å². The topological polar surface area (TPSA) is 115 Å². The third-order valence-corrected chi connectivity index (χ3v) is 9.92. The summed E-state index contributed by atoms with van der Waals surface area (Å²) < 4.78 is 17.4. The SMILES string of the molecule is CO[C@@]1(N=Cc2cc(C(C)(C)C)c(O)c(C(C)(C)C)c2)C(=O)N2C(C(=O)OC(c3ccccc3)c3ccccc3)C(COC(C)=O)=CS[C@@H]21. The third kappa shape index (κ3) is 7.16. The number of phenolic OH excluding ortho intramolecular Hbond substituents is 1. The molecule has 3 aromatic rings. The molecule has 3 aromatic carbocycles. The van der Waals surface area contributed by atoms with Crippen LogP contribution in [-0.4, -0.2) is 64.9 Å². The highest BCUT2D eigenvalue weighted by Crippen LogP contribution is 2.49. The second-order valence-corrected chi connectivity index (χ2v) is 15.3. The molecular formula is C39H44N2O7S.